The summed E-state index contributed by atoms with van der Waals surface area (Å²) < 4.78 is 20.4. The predicted molar refractivity (Wildman–Crippen MR) is 149 cm³/mol. The number of fused-ring (bicyclic) bond motifs is 1. The van der Waals surface area contributed by atoms with Crippen LogP contribution in [0.1, 0.15) is 20.8 Å². The summed E-state index contributed by atoms with van der Waals surface area (Å²) in [4.78, 5) is 17.7. The second kappa shape index (κ2) is 9.64. The molecule has 36 heavy (non-hydrogen) atoms. The number of thiazole rings is 1. The quantitative estimate of drug-likeness (QED) is 0.209. The molecule has 0 fully saturated rings. The number of hydrogen-bond donors (Lipinski definition) is 2. The van der Waals surface area contributed by atoms with Gasteiger partial charge >= 0.3 is 13.5 Å². The standard InChI is InChI=1S/C27H23N2O4PS2/c1-16-8-13-21(17(2)14-16)34(32,33-3)29-25-24(27(30)31)36-26(28-25)19-11-9-18(10-12-19)23-15-20-6-4-5-7-22(20)35-23/h4-15H,1-3H3,(H,29,32)(H,30,31). The van der Waals surface area contributed by atoms with Crippen LogP contribution in [0.3, 0.4) is 0 Å². The molecule has 0 aliphatic heterocycles. The van der Waals surface area contributed by atoms with Crippen molar-refractivity contribution in [1.82, 2.24) is 4.98 Å². The van der Waals surface area contributed by atoms with Gasteiger partial charge in [-0.25, -0.2) is 9.78 Å². The second-order valence-electron chi connectivity index (χ2n) is 8.36. The Morgan fingerprint density at radius 2 is 1.69 bits per heavy atom. The number of anilines is 1. The Kier molecular flexibility index (Phi) is 6.53. The maximum absolute atomic E-state index is 13.7. The maximum atomic E-state index is 13.7. The highest BCUT2D eigenvalue weighted by Crippen LogP contribution is 2.47. The van der Waals surface area contributed by atoms with Gasteiger partial charge in [-0.3, -0.25) is 9.65 Å². The lowest BCUT2D eigenvalue weighted by atomic mass is 10.1. The molecule has 0 saturated carbocycles. The molecular formula is C27H23N2O4PS2. The van der Waals surface area contributed by atoms with Crippen LogP contribution in [0.5, 0.6) is 0 Å². The number of carboxylic acid groups (broad SMARTS) is 1. The first-order valence-electron chi connectivity index (χ1n) is 11.1. The van der Waals surface area contributed by atoms with E-state index in [9.17, 15) is 14.5 Å². The van der Waals surface area contributed by atoms with Crippen LogP contribution >= 0.6 is 30.2 Å². The minimum atomic E-state index is -3.61. The molecule has 0 bridgehead atoms. The maximum Gasteiger partial charge on any atom is 0.349 e. The summed E-state index contributed by atoms with van der Waals surface area (Å²) in [5.74, 6) is -1.12. The monoisotopic (exact) mass is 534 g/mol. The third kappa shape index (κ3) is 4.61. The zero-order chi connectivity index (χ0) is 25.4. The molecule has 1 unspecified atom stereocenters. The van der Waals surface area contributed by atoms with E-state index in [-0.39, 0.29) is 10.7 Å². The van der Waals surface area contributed by atoms with Crippen molar-refractivity contribution in [3.8, 4) is 21.0 Å². The molecule has 0 spiro atoms. The lowest BCUT2D eigenvalue weighted by Crippen LogP contribution is -2.17. The van der Waals surface area contributed by atoms with Crippen LogP contribution in [-0.2, 0) is 9.09 Å². The Balaban J connectivity index is 1.48. The van der Waals surface area contributed by atoms with Crippen molar-refractivity contribution in [2.45, 2.75) is 13.8 Å². The third-order valence-electron chi connectivity index (χ3n) is 5.84. The topological polar surface area (TPSA) is 88.5 Å². The molecule has 5 aromatic rings. The minimum Gasteiger partial charge on any atom is -0.477 e. The van der Waals surface area contributed by atoms with Gasteiger partial charge in [0.15, 0.2) is 10.7 Å². The summed E-state index contributed by atoms with van der Waals surface area (Å²) >= 11 is 2.76. The molecule has 1 atom stereocenters. The van der Waals surface area contributed by atoms with E-state index in [0.29, 0.717) is 10.3 Å². The molecule has 6 nitrogen and oxygen atoms in total. The molecular weight excluding hydrogens is 511 g/mol. The number of carboxylic acids is 1. The Morgan fingerprint density at radius 3 is 2.36 bits per heavy atom. The largest absolute Gasteiger partial charge is 0.477 e. The Labute approximate surface area is 216 Å². The molecule has 182 valence electrons. The van der Waals surface area contributed by atoms with Crippen LogP contribution in [0, 0.1) is 13.8 Å². The first-order chi connectivity index (χ1) is 17.3. The fourth-order valence-corrected chi connectivity index (χ4v) is 7.70. The summed E-state index contributed by atoms with van der Waals surface area (Å²) in [6.45, 7) is 3.79. The molecule has 2 N–H and O–H groups in total. The second-order valence-corrected chi connectivity index (χ2v) is 12.6. The fourth-order valence-electron chi connectivity index (χ4n) is 4.04. The number of carbonyl (C=O) groups is 1. The summed E-state index contributed by atoms with van der Waals surface area (Å²) in [5.41, 5.74) is 3.67. The minimum absolute atomic E-state index is 0.0272. The molecule has 0 amide bonds. The molecule has 0 radical (unpaired) electrons. The zero-order valence-corrected chi connectivity index (χ0v) is 22.3. The molecule has 2 heterocycles. The number of aryl methyl sites for hydroxylation is 2. The van der Waals surface area contributed by atoms with Crippen molar-refractivity contribution in [2.24, 2.45) is 0 Å². The van der Waals surface area contributed by atoms with Crippen molar-refractivity contribution in [2.75, 3.05) is 12.2 Å². The Hall–Kier alpha value is -3.29. The number of nitrogens with one attached hydrogen (secondary N) is 1. The number of thiophene rings is 1. The summed E-state index contributed by atoms with van der Waals surface area (Å²) in [6, 6.07) is 23.8. The van der Waals surface area contributed by atoms with Crippen LogP contribution < -0.4 is 10.4 Å². The van der Waals surface area contributed by atoms with Gasteiger partial charge in [0, 0.05) is 22.3 Å². The van der Waals surface area contributed by atoms with Crippen LogP contribution in [0.2, 0.25) is 0 Å². The number of benzene rings is 3. The lowest BCUT2D eigenvalue weighted by molar-refractivity contribution is 0.0703. The van der Waals surface area contributed by atoms with E-state index in [4.69, 9.17) is 4.52 Å². The first kappa shape index (κ1) is 24.4. The van der Waals surface area contributed by atoms with Crippen LogP contribution in [0.4, 0.5) is 5.82 Å². The van der Waals surface area contributed by atoms with Crippen molar-refractivity contribution in [3.05, 3.63) is 88.8 Å². The SMILES string of the molecule is COP(=O)(Nc1nc(-c2ccc(-c3cc4ccccc4s3)cc2)sc1C(=O)O)c1ccc(C)cc1C. The number of aromatic nitrogens is 1. The number of hydrogen-bond acceptors (Lipinski definition) is 6. The van der Waals surface area contributed by atoms with Crippen LogP contribution in [0.15, 0.2) is 72.8 Å². The molecule has 9 heteroatoms. The lowest BCUT2D eigenvalue weighted by Gasteiger charge is -2.20. The van der Waals surface area contributed by atoms with Gasteiger partial charge in [0.05, 0.1) is 5.30 Å². The van der Waals surface area contributed by atoms with Crippen LogP contribution in [-0.4, -0.2) is 23.2 Å². The summed E-state index contributed by atoms with van der Waals surface area (Å²) in [6.07, 6.45) is 0. The van der Waals surface area contributed by atoms with Gasteiger partial charge < -0.3 is 9.63 Å². The van der Waals surface area contributed by atoms with Crippen molar-refractivity contribution >= 4 is 57.4 Å². The molecule has 0 saturated heterocycles. The average molecular weight is 535 g/mol. The summed E-state index contributed by atoms with van der Waals surface area (Å²) in [7, 11) is -2.27. The van der Waals surface area contributed by atoms with E-state index in [2.05, 4.69) is 28.3 Å². The van der Waals surface area contributed by atoms with Gasteiger partial charge in [0.25, 0.3) is 0 Å². The van der Waals surface area contributed by atoms with E-state index < -0.39 is 13.5 Å². The van der Waals surface area contributed by atoms with Gasteiger partial charge in [-0.15, -0.1) is 22.7 Å². The van der Waals surface area contributed by atoms with Crippen molar-refractivity contribution in [1.29, 1.82) is 0 Å². The van der Waals surface area contributed by atoms with E-state index >= 15 is 0 Å². The highest BCUT2D eigenvalue weighted by molar-refractivity contribution is 7.68. The number of nitrogens with zero attached hydrogens (tertiary/aromatic N) is 1. The normalized spacial score (nSPS) is 13.0. The van der Waals surface area contributed by atoms with E-state index in [1.165, 1.54) is 17.2 Å². The van der Waals surface area contributed by atoms with E-state index in [0.717, 1.165) is 38.5 Å². The highest BCUT2D eigenvalue weighted by Gasteiger charge is 2.31. The van der Waals surface area contributed by atoms with Gasteiger partial charge in [-0.05, 0) is 48.6 Å². The van der Waals surface area contributed by atoms with Gasteiger partial charge in [0.2, 0.25) is 0 Å². The van der Waals surface area contributed by atoms with Crippen molar-refractivity contribution < 1.29 is 19.0 Å². The third-order valence-corrected chi connectivity index (χ3v) is 10.3. The molecule has 0 aliphatic rings. The molecule has 3 aromatic carbocycles. The average Bonchev–Trinajstić information content (AvgIpc) is 3.48. The van der Waals surface area contributed by atoms with E-state index in [1.807, 2.05) is 62.4 Å². The number of rotatable bonds is 7. The van der Waals surface area contributed by atoms with Crippen LogP contribution in [0.25, 0.3) is 31.1 Å². The zero-order valence-electron chi connectivity index (χ0n) is 19.8. The van der Waals surface area contributed by atoms with Gasteiger partial charge in [-0.1, -0.05) is 60.2 Å². The van der Waals surface area contributed by atoms with Crippen molar-refractivity contribution in [3.63, 3.8) is 0 Å². The summed E-state index contributed by atoms with van der Waals surface area (Å²) in [5, 5.41) is 14.8. The Bertz CT molecular complexity index is 1610. The first-order valence-corrected chi connectivity index (χ1v) is 14.4. The fraction of sp³-hybridized carbons (Fsp3) is 0.111. The van der Waals surface area contributed by atoms with Gasteiger partial charge in [0.1, 0.15) is 5.01 Å². The number of aromatic carboxylic acids is 1. The molecule has 0 aliphatic carbocycles. The predicted octanol–water partition coefficient (Wildman–Crippen LogP) is 7.58. The van der Waals surface area contributed by atoms with E-state index in [1.54, 1.807) is 17.4 Å². The molecule has 2 aromatic heterocycles. The highest BCUT2D eigenvalue weighted by atomic mass is 32.1. The smallest absolute Gasteiger partial charge is 0.349 e. The van der Waals surface area contributed by atoms with Gasteiger partial charge in [-0.2, -0.15) is 0 Å². The Morgan fingerprint density at radius 1 is 0.972 bits per heavy atom. The molecule has 5 rings (SSSR count).